The van der Waals surface area contributed by atoms with Crippen LogP contribution in [0.3, 0.4) is 0 Å². The van der Waals surface area contributed by atoms with Crippen LogP contribution in [0, 0.1) is 5.92 Å². The lowest BCUT2D eigenvalue weighted by atomic mass is 9.94. The van der Waals surface area contributed by atoms with Gasteiger partial charge in [-0.1, -0.05) is 13.0 Å². The van der Waals surface area contributed by atoms with Crippen molar-refractivity contribution in [2.24, 2.45) is 5.92 Å². The van der Waals surface area contributed by atoms with Crippen LogP contribution in [0.5, 0.6) is 11.5 Å². The molecule has 0 radical (unpaired) electrons. The third-order valence-electron chi connectivity index (χ3n) is 4.42. The molecule has 1 aromatic carbocycles. The topological polar surface area (TPSA) is 59.0 Å². The normalized spacial score (nSPS) is 20.4. The van der Waals surface area contributed by atoms with Gasteiger partial charge in [0.15, 0.2) is 11.5 Å². The highest BCUT2D eigenvalue weighted by atomic mass is 16.5. The number of rotatable bonds is 6. The summed E-state index contributed by atoms with van der Waals surface area (Å²) in [5.74, 6) is 0.475. The van der Waals surface area contributed by atoms with Crippen molar-refractivity contribution in [3.8, 4) is 11.5 Å². The molecule has 1 N–H and O–H groups in total. The molecule has 2 unspecified atom stereocenters. The number of methoxy groups -OCH3 is 2. The molecule has 0 bridgehead atoms. The van der Waals surface area contributed by atoms with E-state index in [1.165, 1.54) is 0 Å². The van der Waals surface area contributed by atoms with Crippen LogP contribution in [0.1, 0.15) is 37.8 Å². The maximum atomic E-state index is 11.3. The fraction of sp³-hybridized carbons (Fsp3) is 0.588. The Morgan fingerprint density at radius 2 is 2.09 bits per heavy atom. The first-order chi connectivity index (χ1) is 10.6. The molecule has 1 aliphatic heterocycles. The molecule has 1 aromatic rings. The molecule has 22 heavy (non-hydrogen) atoms. The van der Waals surface area contributed by atoms with Crippen LogP contribution >= 0.6 is 0 Å². The number of likely N-dealkylation sites (tertiary alicyclic amines) is 1. The Balaban J connectivity index is 2.22. The fourth-order valence-electron chi connectivity index (χ4n) is 3.26. The van der Waals surface area contributed by atoms with E-state index in [-0.39, 0.29) is 12.0 Å². The number of nitrogens with zero attached hydrogens (tertiary/aromatic N) is 1. The number of ether oxygens (including phenoxy) is 2. The van der Waals surface area contributed by atoms with Crippen LogP contribution in [-0.4, -0.2) is 43.3 Å². The maximum absolute atomic E-state index is 11.3. The van der Waals surface area contributed by atoms with Gasteiger partial charge in [-0.3, -0.25) is 9.69 Å². The van der Waals surface area contributed by atoms with Gasteiger partial charge in [-0.2, -0.15) is 0 Å². The predicted octanol–water partition coefficient (Wildman–Crippen LogP) is 2.95. The number of carboxylic acids is 1. The van der Waals surface area contributed by atoms with E-state index in [4.69, 9.17) is 9.47 Å². The average Bonchev–Trinajstić information content (AvgIpc) is 2.55. The lowest BCUT2D eigenvalue weighted by Gasteiger charge is -2.37. The molecule has 2 atom stereocenters. The minimum atomic E-state index is -0.688. The minimum absolute atomic E-state index is 0.210. The monoisotopic (exact) mass is 307 g/mol. The van der Waals surface area contributed by atoms with E-state index >= 15 is 0 Å². The summed E-state index contributed by atoms with van der Waals surface area (Å²) in [6.07, 6.45) is 2.64. The van der Waals surface area contributed by atoms with Crippen molar-refractivity contribution in [2.75, 3.05) is 27.3 Å². The molecule has 0 aliphatic carbocycles. The number of benzene rings is 1. The lowest BCUT2D eigenvalue weighted by Crippen LogP contribution is -2.40. The number of aliphatic carboxylic acids is 1. The van der Waals surface area contributed by atoms with Gasteiger partial charge in [0.25, 0.3) is 0 Å². The smallest absolute Gasteiger partial charge is 0.307 e. The molecule has 1 fully saturated rings. The van der Waals surface area contributed by atoms with E-state index in [9.17, 15) is 9.90 Å². The summed E-state index contributed by atoms with van der Waals surface area (Å²) in [7, 11) is 3.25. The number of hydrogen-bond acceptors (Lipinski definition) is 4. The second kappa shape index (κ2) is 7.49. The third-order valence-corrected chi connectivity index (χ3v) is 4.42. The van der Waals surface area contributed by atoms with Crippen molar-refractivity contribution < 1.29 is 19.4 Å². The van der Waals surface area contributed by atoms with Crippen molar-refractivity contribution in [1.29, 1.82) is 0 Å². The summed E-state index contributed by atoms with van der Waals surface area (Å²) < 4.78 is 10.7. The molecule has 122 valence electrons. The maximum Gasteiger partial charge on any atom is 0.307 e. The van der Waals surface area contributed by atoms with Gasteiger partial charge in [0.1, 0.15) is 0 Å². The van der Waals surface area contributed by atoms with E-state index in [0.717, 1.165) is 31.4 Å². The Morgan fingerprint density at radius 1 is 1.36 bits per heavy atom. The zero-order valence-electron chi connectivity index (χ0n) is 13.5. The molecule has 5 heteroatoms. The van der Waals surface area contributed by atoms with Crippen LogP contribution in [0.25, 0.3) is 0 Å². The number of hydrogen-bond donors (Lipinski definition) is 1. The molecule has 0 spiro atoms. The van der Waals surface area contributed by atoms with Crippen LogP contribution in [0.15, 0.2) is 18.2 Å². The van der Waals surface area contributed by atoms with Crippen LogP contribution in [0.4, 0.5) is 0 Å². The van der Waals surface area contributed by atoms with Crippen molar-refractivity contribution >= 4 is 5.97 Å². The quantitative estimate of drug-likeness (QED) is 0.875. The SMILES string of the molecule is CCC(c1ccc(OC)c(OC)c1)N1CCCC(C(=O)O)C1. The van der Waals surface area contributed by atoms with E-state index in [2.05, 4.69) is 11.8 Å². The first-order valence-corrected chi connectivity index (χ1v) is 7.79. The highest BCUT2D eigenvalue weighted by Crippen LogP contribution is 2.35. The Morgan fingerprint density at radius 3 is 2.68 bits per heavy atom. The number of carbonyl (C=O) groups is 1. The summed E-state index contributed by atoms with van der Waals surface area (Å²) in [6.45, 7) is 3.69. The zero-order chi connectivity index (χ0) is 16.1. The second-order valence-corrected chi connectivity index (χ2v) is 5.71. The van der Waals surface area contributed by atoms with Gasteiger partial charge in [0, 0.05) is 12.6 Å². The summed E-state index contributed by atoms with van der Waals surface area (Å²) >= 11 is 0. The van der Waals surface area contributed by atoms with E-state index in [0.29, 0.717) is 18.0 Å². The predicted molar refractivity (Wildman–Crippen MR) is 84.5 cm³/mol. The Hall–Kier alpha value is -1.75. The average molecular weight is 307 g/mol. The van der Waals surface area contributed by atoms with Gasteiger partial charge in [0.2, 0.25) is 0 Å². The van der Waals surface area contributed by atoms with E-state index < -0.39 is 5.97 Å². The van der Waals surface area contributed by atoms with Gasteiger partial charge in [-0.05, 0) is 43.5 Å². The second-order valence-electron chi connectivity index (χ2n) is 5.71. The molecule has 5 nitrogen and oxygen atoms in total. The molecule has 1 heterocycles. The third kappa shape index (κ3) is 3.53. The van der Waals surface area contributed by atoms with Crippen LogP contribution in [-0.2, 0) is 4.79 Å². The van der Waals surface area contributed by atoms with Gasteiger partial charge >= 0.3 is 5.97 Å². The van der Waals surface area contributed by atoms with Crippen molar-refractivity contribution in [3.05, 3.63) is 23.8 Å². The van der Waals surface area contributed by atoms with Crippen LogP contribution < -0.4 is 9.47 Å². The molecule has 1 saturated heterocycles. The van der Waals surface area contributed by atoms with Gasteiger partial charge in [0.05, 0.1) is 20.1 Å². The summed E-state index contributed by atoms with van der Waals surface area (Å²) in [5, 5.41) is 9.27. The Bertz CT molecular complexity index is 517. The Kier molecular flexibility index (Phi) is 5.66. The van der Waals surface area contributed by atoms with E-state index in [1.54, 1.807) is 14.2 Å². The zero-order valence-corrected chi connectivity index (χ0v) is 13.5. The molecular formula is C17H25NO4. The first kappa shape index (κ1) is 16.6. The lowest BCUT2D eigenvalue weighted by molar-refractivity contribution is -0.144. The largest absolute Gasteiger partial charge is 0.493 e. The summed E-state index contributed by atoms with van der Waals surface area (Å²) in [6, 6.07) is 6.16. The van der Waals surface area contributed by atoms with Gasteiger partial charge in [-0.25, -0.2) is 0 Å². The molecule has 0 saturated carbocycles. The number of piperidine rings is 1. The fourth-order valence-corrected chi connectivity index (χ4v) is 3.26. The molecule has 0 amide bonds. The molecule has 0 aromatic heterocycles. The van der Waals surface area contributed by atoms with Crippen molar-refractivity contribution in [2.45, 2.75) is 32.2 Å². The summed E-state index contributed by atoms with van der Waals surface area (Å²) in [5.41, 5.74) is 1.14. The Labute approximate surface area is 131 Å². The van der Waals surface area contributed by atoms with E-state index in [1.807, 2.05) is 18.2 Å². The first-order valence-electron chi connectivity index (χ1n) is 7.79. The van der Waals surface area contributed by atoms with Crippen LogP contribution in [0.2, 0.25) is 0 Å². The van der Waals surface area contributed by atoms with Gasteiger partial charge < -0.3 is 14.6 Å². The number of carboxylic acid groups (broad SMARTS) is 1. The minimum Gasteiger partial charge on any atom is -0.493 e. The van der Waals surface area contributed by atoms with Crippen molar-refractivity contribution in [3.63, 3.8) is 0 Å². The highest BCUT2D eigenvalue weighted by molar-refractivity contribution is 5.70. The molecule has 1 aliphatic rings. The highest BCUT2D eigenvalue weighted by Gasteiger charge is 2.29. The van der Waals surface area contributed by atoms with Crippen molar-refractivity contribution in [1.82, 2.24) is 4.90 Å². The molecule has 2 rings (SSSR count). The van der Waals surface area contributed by atoms with Gasteiger partial charge in [-0.15, -0.1) is 0 Å². The standard InChI is InChI=1S/C17H25NO4/c1-4-14(18-9-5-6-13(11-18)17(19)20)12-7-8-15(21-2)16(10-12)22-3/h7-8,10,13-14H,4-6,9,11H2,1-3H3,(H,19,20). The summed E-state index contributed by atoms with van der Waals surface area (Å²) in [4.78, 5) is 13.5. The molecular weight excluding hydrogens is 282 g/mol.